The molecule has 0 radical (unpaired) electrons. The fraction of sp³-hybridized carbons (Fsp3) is 0.471. The summed E-state index contributed by atoms with van der Waals surface area (Å²) >= 11 is 0. The molecule has 0 N–H and O–H groups in total. The molecule has 1 amide bonds. The molecule has 2 aliphatic heterocycles. The first-order valence-electron chi connectivity index (χ1n) is 7.61. The Labute approximate surface area is 125 Å². The molecular weight excluding hydrogens is 266 g/mol. The third kappa shape index (κ3) is 2.89. The highest BCUT2D eigenvalue weighted by Gasteiger charge is 2.31. The number of amides is 1. The number of piperidine rings is 1. The number of hydrogen-bond acceptors (Lipinski definition) is 3. The average Bonchev–Trinajstić information content (AvgIpc) is 2.94. The van der Waals surface area contributed by atoms with Crippen molar-refractivity contribution in [3.63, 3.8) is 0 Å². The molecule has 0 aromatic carbocycles. The summed E-state index contributed by atoms with van der Waals surface area (Å²) in [6.07, 6.45) is 2.69. The summed E-state index contributed by atoms with van der Waals surface area (Å²) in [4.78, 5) is 14.1. The monoisotopic (exact) mass is 287 g/mol. The number of carbonyl (C=O) groups is 1. The lowest BCUT2D eigenvalue weighted by Crippen LogP contribution is -2.39. The molecule has 1 unspecified atom stereocenters. The van der Waals surface area contributed by atoms with E-state index in [2.05, 4.69) is 6.07 Å². The third-order valence-electron chi connectivity index (χ3n) is 3.87. The smallest absolute Gasteiger partial charge is 0.410 e. The average molecular weight is 287 g/mol. The Morgan fingerprint density at radius 1 is 1.29 bits per heavy atom. The van der Waals surface area contributed by atoms with Gasteiger partial charge in [-0.3, -0.25) is 4.90 Å². The molecule has 0 bridgehead atoms. The van der Waals surface area contributed by atoms with Crippen molar-refractivity contribution < 1.29 is 13.9 Å². The van der Waals surface area contributed by atoms with Gasteiger partial charge in [0.25, 0.3) is 0 Å². The minimum absolute atomic E-state index is 0.0238. The van der Waals surface area contributed by atoms with Crippen molar-refractivity contribution >= 4 is 6.09 Å². The van der Waals surface area contributed by atoms with Crippen molar-refractivity contribution in [3.8, 4) is 11.3 Å². The molecule has 0 saturated carbocycles. The van der Waals surface area contributed by atoms with Crippen LogP contribution in [0, 0.1) is 0 Å². The molecule has 1 atom stereocenters. The Balaban J connectivity index is 1.86. The fourth-order valence-electron chi connectivity index (χ4n) is 2.88. The van der Waals surface area contributed by atoms with Gasteiger partial charge in [-0.05, 0) is 51.3 Å². The molecule has 3 aliphatic rings. The topological polar surface area (TPSA) is 42.7 Å². The molecule has 1 fully saturated rings. The van der Waals surface area contributed by atoms with Crippen molar-refractivity contribution in [1.29, 1.82) is 0 Å². The molecule has 0 aromatic heterocycles. The van der Waals surface area contributed by atoms with Crippen LogP contribution < -0.4 is 0 Å². The number of likely N-dealkylation sites (tertiary alicyclic amines) is 1. The van der Waals surface area contributed by atoms with Crippen LogP contribution in [0.1, 0.15) is 44.9 Å². The summed E-state index contributed by atoms with van der Waals surface area (Å²) in [6.45, 7) is 4.47. The van der Waals surface area contributed by atoms with Crippen molar-refractivity contribution in [2.75, 3.05) is 6.54 Å². The van der Waals surface area contributed by atoms with Gasteiger partial charge < -0.3 is 9.15 Å². The summed E-state index contributed by atoms with van der Waals surface area (Å²) in [5.41, 5.74) is 1.09. The van der Waals surface area contributed by atoms with Crippen LogP contribution in [-0.2, 0) is 4.74 Å². The van der Waals surface area contributed by atoms with Crippen molar-refractivity contribution in [3.05, 3.63) is 36.1 Å². The maximum absolute atomic E-state index is 12.3. The molecule has 4 heteroatoms. The van der Waals surface area contributed by atoms with E-state index in [0.29, 0.717) is 0 Å². The molecule has 1 aliphatic carbocycles. The van der Waals surface area contributed by atoms with Gasteiger partial charge in [0.05, 0.1) is 12.1 Å². The van der Waals surface area contributed by atoms with Crippen molar-refractivity contribution in [1.82, 2.24) is 4.90 Å². The molecule has 21 heavy (non-hydrogen) atoms. The number of carbonyl (C=O) groups excluding carboxylic acids is 1. The number of ether oxygens (including phenoxy) is 1. The molecular formula is C17H21NO3. The van der Waals surface area contributed by atoms with Gasteiger partial charge in [-0.15, -0.1) is 0 Å². The molecule has 0 aromatic rings. The van der Waals surface area contributed by atoms with Crippen molar-refractivity contribution in [2.24, 2.45) is 0 Å². The van der Waals surface area contributed by atoms with Crippen LogP contribution in [0.2, 0.25) is 0 Å². The summed E-state index contributed by atoms with van der Waals surface area (Å²) in [5.74, 6) is 1.71. The van der Waals surface area contributed by atoms with Crippen LogP contribution in [-0.4, -0.2) is 23.6 Å². The first-order chi connectivity index (χ1) is 10.1. The van der Waals surface area contributed by atoms with E-state index in [-0.39, 0.29) is 18.2 Å². The maximum atomic E-state index is 12.3. The standard InChI is InChI=1S/C17H21NO3/c1-12(2)20-17(19)18-11-4-3-7-14(18)16-10-9-13-6-5-8-15(13)21-16/h5-6,8-10,12,14H,3-4,7,11H2,1-2H3. The van der Waals surface area contributed by atoms with Crippen LogP contribution >= 0.6 is 0 Å². The lowest BCUT2D eigenvalue weighted by Gasteiger charge is -2.34. The molecule has 0 spiro atoms. The minimum Gasteiger partial charge on any atom is -0.459 e. The zero-order valence-electron chi connectivity index (χ0n) is 12.5. The predicted octanol–water partition coefficient (Wildman–Crippen LogP) is 4.46. The number of nitrogens with zero attached hydrogens (tertiary/aromatic N) is 1. The predicted molar refractivity (Wildman–Crippen MR) is 80.2 cm³/mol. The lowest BCUT2D eigenvalue weighted by atomic mass is 10.00. The van der Waals surface area contributed by atoms with Gasteiger partial charge in [-0.2, -0.15) is 0 Å². The van der Waals surface area contributed by atoms with Gasteiger partial charge in [-0.25, -0.2) is 4.79 Å². The summed E-state index contributed by atoms with van der Waals surface area (Å²) in [7, 11) is 0. The van der Waals surface area contributed by atoms with E-state index in [4.69, 9.17) is 9.15 Å². The summed E-state index contributed by atoms with van der Waals surface area (Å²) < 4.78 is 11.3. The van der Waals surface area contributed by atoms with E-state index in [0.717, 1.165) is 42.9 Å². The molecule has 1 saturated heterocycles. The molecule has 2 heterocycles. The van der Waals surface area contributed by atoms with E-state index in [1.165, 1.54) is 0 Å². The Hall–Kier alpha value is -1.97. The van der Waals surface area contributed by atoms with E-state index in [1.54, 1.807) is 4.90 Å². The molecule has 112 valence electrons. The highest BCUT2D eigenvalue weighted by molar-refractivity contribution is 5.68. The Morgan fingerprint density at radius 2 is 2.14 bits per heavy atom. The lowest BCUT2D eigenvalue weighted by molar-refractivity contribution is 0.0479. The van der Waals surface area contributed by atoms with Crippen LogP contribution in [0.15, 0.2) is 34.7 Å². The second-order valence-electron chi connectivity index (χ2n) is 5.82. The van der Waals surface area contributed by atoms with E-state index in [9.17, 15) is 4.79 Å². The highest BCUT2D eigenvalue weighted by Crippen LogP contribution is 2.35. The first kappa shape index (κ1) is 14.0. The van der Waals surface area contributed by atoms with Crippen LogP contribution in [0.5, 0.6) is 0 Å². The van der Waals surface area contributed by atoms with Crippen LogP contribution in [0.25, 0.3) is 11.3 Å². The van der Waals surface area contributed by atoms with Gasteiger partial charge in [0.15, 0.2) is 0 Å². The Morgan fingerprint density at radius 3 is 2.95 bits per heavy atom. The SMILES string of the molecule is CC(C)OC(=O)N1CCCCC1c1ccc2cccc-2o1. The van der Waals surface area contributed by atoms with Gasteiger partial charge in [0, 0.05) is 12.1 Å². The number of rotatable bonds is 2. The van der Waals surface area contributed by atoms with Crippen LogP contribution in [0.4, 0.5) is 4.79 Å². The van der Waals surface area contributed by atoms with E-state index in [1.807, 2.05) is 38.1 Å². The maximum Gasteiger partial charge on any atom is 0.410 e. The Kier molecular flexibility index (Phi) is 3.86. The largest absolute Gasteiger partial charge is 0.459 e. The second-order valence-corrected chi connectivity index (χ2v) is 5.82. The van der Waals surface area contributed by atoms with E-state index < -0.39 is 0 Å². The molecule has 4 nitrogen and oxygen atoms in total. The second kappa shape index (κ2) is 5.80. The highest BCUT2D eigenvalue weighted by atomic mass is 16.6. The van der Waals surface area contributed by atoms with Gasteiger partial charge >= 0.3 is 6.09 Å². The molecule has 3 rings (SSSR count). The third-order valence-corrected chi connectivity index (χ3v) is 3.87. The van der Waals surface area contributed by atoms with E-state index >= 15 is 0 Å². The summed E-state index contributed by atoms with van der Waals surface area (Å²) in [6, 6.07) is 9.96. The van der Waals surface area contributed by atoms with Gasteiger partial charge in [-0.1, -0.05) is 12.1 Å². The van der Waals surface area contributed by atoms with Crippen molar-refractivity contribution in [2.45, 2.75) is 45.3 Å². The normalized spacial score (nSPS) is 19.2. The summed E-state index contributed by atoms with van der Waals surface area (Å²) in [5, 5.41) is 0. The number of fused-ring (bicyclic) bond motifs is 1. The van der Waals surface area contributed by atoms with Gasteiger partial charge in [0.1, 0.15) is 11.5 Å². The fourth-order valence-corrected chi connectivity index (χ4v) is 2.88. The van der Waals surface area contributed by atoms with Gasteiger partial charge in [0.2, 0.25) is 0 Å². The quantitative estimate of drug-likeness (QED) is 0.819. The number of hydrogen-bond donors (Lipinski definition) is 0. The Bertz CT molecular complexity index is 590. The first-order valence-corrected chi connectivity index (χ1v) is 7.61. The van der Waals surface area contributed by atoms with Crippen LogP contribution in [0.3, 0.4) is 0 Å². The zero-order valence-corrected chi connectivity index (χ0v) is 12.5. The minimum atomic E-state index is -0.243. The zero-order chi connectivity index (χ0) is 14.8.